The maximum atomic E-state index is 10.7. The highest BCUT2D eigenvalue weighted by atomic mass is 32.2. The molecule has 0 radical (unpaired) electrons. The van der Waals surface area contributed by atoms with Crippen molar-refractivity contribution in [1.82, 2.24) is 4.31 Å². The summed E-state index contributed by atoms with van der Waals surface area (Å²) in [6, 6.07) is 0. The van der Waals surface area contributed by atoms with Crippen molar-refractivity contribution < 1.29 is 17.7 Å². The Bertz CT molecular complexity index is 263. The molecule has 0 saturated carbocycles. The van der Waals surface area contributed by atoms with Crippen molar-refractivity contribution in [2.24, 2.45) is 0 Å². The highest BCUT2D eigenvalue weighted by Gasteiger charge is 2.37. The first kappa shape index (κ1) is 8.43. The fourth-order valence-electron chi connectivity index (χ4n) is 1.77. The molecule has 2 heterocycles. The van der Waals surface area contributed by atoms with E-state index in [1.807, 2.05) is 0 Å². The van der Waals surface area contributed by atoms with Gasteiger partial charge in [0.15, 0.2) is 0 Å². The number of rotatable bonds is 1. The van der Waals surface area contributed by atoms with Gasteiger partial charge >= 0.3 is 10.3 Å². The van der Waals surface area contributed by atoms with Crippen LogP contribution < -0.4 is 0 Å². The molecule has 2 saturated heterocycles. The van der Waals surface area contributed by atoms with Crippen LogP contribution in [0.1, 0.15) is 12.8 Å². The maximum Gasteiger partial charge on any atom is 0.336 e. The second-order valence-electron chi connectivity index (χ2n) is 3.25. The zero-order chi connectivity index (χ0) is 8.77. The quantitative estimate of drug-likeness (QED) is 0.578. The molecule has 5 nitrogen and oxygen atoms in total. The third kappa shape index (κ3) is 1.47. The molecular weight excluding hydrogens is 182 g/mol. The molecule has 2 atom stereocenters. The minimum Gasteiger partial charge on any atom is -0.372 e. The molecule has 70 valence electrons. The Labute approximate surface area is 71.2 Å². The van der Waals surface area contributed by atoms with Crippen LogP contribution in [-0.2, 0) is 15.0 Å². The fourth-order valence-corrected chi connectivity index (χ4v) is 2.48. The third-order valence-corrected chi connectivity index (χ3v) is 3.29. The van der Waals surface area contributed by atoms with Gasteiger partial charge in [-0.3, -0.25) is 4.55 Å². The molecule has 6 heteroatoms. The molecule has 2 bridgehead atoms. The van der Waals surface area contributed by atoms with Crippen molar-refractivity contribution in [3.63, 3.8) is 0 Å². The molecular formula is C6H11NO4S. The SMILES string of the molecule is O=S(=O)(O)N1C[C@H]2CC[C@@H](C1)O2. The largest absolute Gasteiger partial charge is 0.372 e. The topological polar surface area (TPSA) is 66.8 Å². The van der Waals surface area contributed by atoms with Crippen LogP contribution in [0.2, 0.25) is 0 Å². The second-order valence-corrected chi connectivity index (χ2v) is 4.66. The van der Waals surface area contributed by atoms with E-state index in [9.17, 15) is 8.42 Å². The first-order valence-corrected chi connectivity index (χ1v) is 5.33. The van der Waals surface area contributed by atoms with Crippen LogP contribution in [0, 0.1) is 0 Å². The summed E-state index contributed by atoms with van der Waals surface area (Å²) in [5.41, 5.74) is 0. The maximum absolute atomic E-state index is 10.7. The lowest BCUT2D eigenvalue weighted by atomic mass is 10.2. The molecule has 1 N–H and O–H groups in total. The summed E-state index contributed by atoms with van der Waals surface area (Å²) in [6.45, 7) is 0.602. The molecule has 2 fully saturated rings. The van der Waals surface area contributed by atoms with Gasteiger partial charge in [0.2, 0.25) is 0 Å². The molecule has 0 spiro atoms. The van der Waals surface area contributed by atoms with Gasteiger partial charge in [0, 0.05) is 13.1 Å². The minimum atomic E-state index is -4.00. The summed E-state index contributed by atoms with van der Waals surface area (Å²) in [5, 5.41) is 0. The zero-order valence-corrected chi connectivity index (χ0v) is 7.33. The summed E-state index contributed by atoms with van der Waals surface area (Å²) in [5.74, 6) is 0. The Balaban J connectivity index is 2.13. The summed E-state index contributed by atoms with van der Waals surface area (Å²) < 4.78 is 36.7. The first-order valence-electron chi connectivity index (χ1n) is 3.94. The van der Waals surface area contributed by atoms with Gasteiger partial charge in [-0.2, -0.15) is 12.7 Å². The van der Waals surface area contributed by atoms with Crippen LogP contribution in [0.15, 0.2) is 0 Å². The molecule has 0 aliphatic carbocycles. The Hall–Kier alpha value is -0.170. The smallest absolute Gasteiger partial charge is 0.336 e. The number of morpholine rings is 1. The van der Waals surface area contributed by atoms with Crippen LogP contribution in [0.5, 0.6) is 0 Å². The minimum absolute atomic E-state index is 0.00863. The molecule has 0 aromatic carbocycles. The summed E-state index contributed by atoms with van der Waals surface area (Å²) >= 11 is 0. The number of hydrogen-bond acceptors (Lipinski definition) is 3. The Morgan fingerprint density at radius 1 is 1.25 bits per heavy atom. The normalized spacial score (nSPS) is 37.1. The van der Waals surface area contributed by atoms with Gasteiger partial charge in [0.25, 0.3) is 0 Å². The van der Waals surface area contributed by atoms with E-state index < -0.39 is 10.3 Å². The van der Waals surface area contributed by atoms with E-state index in [0.717, 1.165) is 17.1 Å². The lowest BCUT2D eigenvalue weighted by Gasteiger charge is -2.28. The second kappa shape index (κ2) is 2.66. The average molecular weight is 193 g/mol. The summed E-state index contributed by atoms with van der Waals surface area (Å²) in [6.07, 6.45) is 1.78. The predicted molar refractivity (Wildman–Crippen MR) is 41.0 cm³/mol. The van der Waals surface area contributed by atoms with Crippen molar-refractivity contribution in [3.05, 3.63) is 0 Å². The molecule has 2 rings (SSSR count). The Morgan fingerprint density at radius 3 is 2.17 bits per heavy atom. The molecule has 0 unspecified atom stereocenters. The van der Waals surface area contributed by atoms with Crippen molar-refractivity contribution in [2.45, 2.75) is 25.0 Å². The first-order chi connectivity index (χ1) is 5.55. The van der Waals surface area contributed by atoms with Crippen molar-refractivity contribution in [1.29, 1.82) is 0 Å². The van der Waals surface area contributed by atoms with Crippen molar-refractivity contribution in [2.75, 3.05) is 13.1 Å². The Kier molecular flexibility index (Phi) is 1.87. The van der Waals surface area contributed by atoms with Gasteiger partial charge in [0.1, 0.15) is 0 Å². The standard InChI is InChI=1S/C6H11NO4S/c8-12(9,10)7-3-5-1-2-6(4-7)11-5/h5-6H,1-4H2,(H,8,9,10)/t5-,6+. The van der Waals surface area contributed by atoms with E-state index in [2.05, 4.69) is 0 Å². The van der Waals surface area contributed by atoms with E-state index in [-0.39, 0.29) is 12.2 Å². The van der Waals surface area contributed by atoms with Crippen LogP contribution in [0.4, 0.5) is 0 Å². The van der Waals surface area contributed by atoms with E-state index >= 15 is 0 Å². The molecule has 0 aromatic rings. The number of ether oxygens (including phenoxy) is 1. The van der Waals surface area contributed by atoms with Crippen LogP contribution in [-0.4, -0.2) is 42.6 Å². The molecule has 12 heavy (non-hydrogen) atoms. The van der Waals surface area contributed by atoms with Gasteiger partial charge in [-0.05, 0) is 12.8 Å². The zero-order valence-electron chi connectivity index (χ0n) is 6.51. The van der Waals surface area contributed by atoms with E-state index in [0.29, 0.717) is 13.1 Å². The van der Waals surface area contributed by atoms with Gasteiger partial charge in [-0.1, -0.05) is 0 Å². The molecule has 2 aliphatic heterocycles. The van der Waals surface area contributed by atoms with Crippen LogP contribution in [0.3, 0.4) is 0 Å². The van der Waals surface area contributed by atoms with Gasteiger partial charge in [-0.25, -0.2) is 0 Å². The van der Waals surface area contributed by atoms with E-state index in [4.69, 9.17) is 9.29 Å². The van der Waals surface area contributed by atoms with Crippen molar-refractivity contribution >= 4 is 10.3 Å². The molecule has 0 amide bonds. The van der Waals surface area contributed by atoms with E-state index in [1.54, 1.807) is 0 Å². The predicted octanol–water partition coefficient (Wildman–Crippen LogP) is -0.348. The fraction of sp³-hybridized carbons (Fsp3) is 1.00. The Morgan fingerprint density at radius 2 is 1.75 bits per heavy atom. The van der Waals surface area contributed by atoms with Crippen molar-refractivity contribution in [3.8, 4) is 0 Å². The summed E-state index contributed by atoms with van der Waals surface area (Å²) in [7, 11) is -4.00. The molecule has 2 aliphatic rings. The highest BCUT2D eigenvalue weighted by Crippen LogP contribution is 2.27. The van der Waals surface area contributed by atoms with Gasteiger partial charge < -0.3 is 4.74 Å². The lowest BCUT2D eigenvalue weighted by Crippen LogP contribution is -2.45. The average Bonchev–Trinajstić information content (AvgIpc) is 2.28. The van der Waals surface area contributed by atoms with Gasteiger partial charge in [-0.15, -0.1) is 0 Å². The van der Waals surface area contributed by atoms with E-state index in [1.165, 1.54) is 0 Å². The molecule has 0 aromatic heterocycles. The lowest BCUT2D eigenvalue weighted by molar-refractivity contribution is -0.0137. The van der Waals surface area contributed by atoms with Crippen LogP contribution >= 0.6 is 0 Å². The monoisotopic (exact) mass is 193 g/mol. The number of fused-ring (bicyclic) bond motifs is 2. The highest BCUT2D eigenvalue weighted by molar-refractivity contribution is 7.83. The van der Waals surface area contributed by atoms with Crippen LogP contribution in [0.25, 0.3) is 0 Å². The number of hydrogen-bond donors (Lipinski definition) is 1. The third-order valence-electron chi connectivity index (χ3n) is 2.34. The van der Waals surface area contributed by atoms with Gasteiger partial charge in [0.05, 0.1) is 12.2 Å². The number of nitrogens with zero attached hydrogens (tertiary/aromatic N) is 1. The summed E-state index contributed by atoms with van der Waals surface area (Å²) in [4.78, 5) is 0.